The number of ether oxygens (including phenoxy) is 1. The number of carbonyl (C=O) groups is 1. The lowest BCUT2D eigenvalue weighted by atomic mass is 10.1. The fraction of sp³-hybridized carbons (Fsp3) is 0.750. The van der Waals surface area contributed by atoms with E-state index in [1.807, 2.05) is 0 Å². The Balaban J connectivity index is 2.05. The fourth-order valence-corrected chi connectivity index (χ4v) is 4.69. The highest BCUT2D eigenvalue weighted by Crippen LogP contribution is 2.33. The van der Waals surface area contributed by atoms with Crippen LogP contribution in [0.1, 0.15) is 25.7 Å². The summed E-state index contributed by atoms with van der Waals surface area (Å²) in [5.74, 6) is -1.12. The summed E-state index contributed by atoms with van der Waals surface area (Å²) < 4.78 is 43.8. The maximum Gasteiger partial charge on any atom is 0.308 e. The smallest absolute Gasteiger partial charge is 0.308 e. The van der Waals surface area contributed by atoms with E-state index in [0.717, 1.165) is 0 Å². The van der Waals surface area contributed by atoms with E-state index in [0.29, 0.717) is 25.8 Å². The summed E-state index contributed by atoms with van der Waals surface area (Å²) in [5, 5.41) is -0.595. The molecule has 0 saturated heterocycles. The monoisotopic (exact) mass is 291 g/mol. The highest BCUT2D eigenvalue weighted by molar-refractivity contribution is 7.89. The van der Waals surface area contributed by atoms with Crippen LogP contribution in [0.15, 0.2) is 11.9 Å². The van der Waals surface area contributed by atoms with Gasteiger partial charge in [-0.1, -0.05) is 6.08 Å². The van der Waals surface area contributed by atoms with Crippen LogP contribution in [0.25, 0.3) is 0 Å². The van der Waals surface area contributed by atoms with E-state index in [-0.39, 0.29) is 24.9 Å². The van der Waals surface area contributed by atoms with E-state index in [1.54, 1.807) is 0 Å². The van der Waals surface area contributed by atoms with E-state index >= 15 is 0 Å². The zero-order valence-corrected chi connectivity index (χ0v) is 11.7. The lowest BCUT2D eigenvalue weighted by Gasteiger charge is -2.27. The SMILES string of the molecule is COC(=O)C1CCC(S(=O)(=O)N2CCC=C(F)C2)C1. The van der Waals surface area contributed by atoms with E-state index in [4.69, 9.17) is 0 Å². The van der Waals surface area contributed by atoms with Crippen molar-refractivity contribution in [1.29, 1.82) is 0 Å². The molecule has 0 aromatic carbocycles. The van der Waals surface area contributed by atoms with Gasteiger partial charge in [-0.05, 0) is 25.7 Å². The lowest BCUT2D eigenvalue weighted by molar-refractivity contribution is -0.145. The number of hydrogen-bond donors (Lipinski definition) is 0. The van der Waals surface area contributed by atoms with Gasteiger partial charge in [-0.3, -0.25) is 4.79 Å². The summed E-state index contributed by atoms with van der Waals surface area (Å²) in [4.78, 5) is 11.4. The molecule has 108 valence electrons. The number of rotatable bonds is 3. The Morgan fingerprint density at radius 3 is 2.84 bits per heavy atom. The molecule has 2 atom stereocenters. The third-order valence-corrected chi connectivity index (χ3v) is 6.07. The summed E-state index contributed by atoms with van der Waals surface area (Å²) in [5.41, 5.74) is 0. The van der Waals surface area contributed by atoms with Crippen LogP contribution in [0.3, 0.4) is 0 Å². The van der Waals surface area contributed by atoms with Gasteiger partial charge in [0.1, 0.15) is 5.83 Å². The Morgan fingerprint density at radius 1 is 1.47 bits per heavy atom. The predicted octanol–water partition coefficient (Wildman–Crippen LogP) is 1.22. The van der Waals surface area contributed by atoms with Gasteiger partial charge in [-0.2, -0.15) is 4.31 Å². The van der Waals surface area contributed by atoms with Crippen molar-refractivity contribution in [3.63, 3.8) is 0 Å². The molecule has 1 saturated carbocycles. The van der Waals surface area contributed by atoms with Gasteiger partial charge in [0.15, 0.2) is 0 Å². The number of halogens is 1. The van der Waals surface area contributed by atoms with Gasteiger partial charge in [0.25, 0.3) is 0 Å². The van der Waals surface area contributed by atoms with Crippen LogP contribution in [0, 0.1) is 5.92 Å². The fourth-order valence-electron chi connectivity index (χ4n) is 2.70. The van der Waals surface area contributed by atoms with E-state index in [2.05, 4.69) is 4.74 Å². The molecule has 2 rings (SSSR count). The van der Waals surface area contributed by atoms with Crippen molar-refractivity contribution in [2.75, 3.05) is 20.2 Å². The molecule has 1 aliphatic carbocycles. The largest absolute Gasteiger partial charge is 0.469 e. The first-order chi connectivity index (χ1) is 8.95. The van der Waals surface area contributed by atoms with Gasteiger partial charge in [0.05, 0.1) is 24.8 Å². The molecule has 1 fully saturated rings. The number of hydrogen-bond acceptors (Lipinski definition) is 4. The predicted molar refractivity (Wildman–Crippen MR) is 67.4 cm³/mol. The maximum atomic E-state index is 13.2. The lowest BCUT2D eigenvalue weighted by Crippen LogP contribution is -2.40. The van der Waals surface area contributed by atoms with Crippen molar-refractivity contribution >= 4 is 16.0 Å². The van der Waals surface area contributed by atoms with Gasteiger partial charge >= 0.3 is 5.97 Å². The Hall–Kier alpha value is -0.950. The molecular formula is C12H18FNO4S. The molecule has 1 aliphatic heterocycles. The van der Waals surface area contributed by atoms with Gasteiger partial charge in [0.2, 0.25) is 10.0 Å². The number of sulfonamides is 1. The maximum absolute atomic E-state index is 13.2. The zero-order chi connectivity index (χ0) is 14.0. The van der Waals surface area contributed by atoms with Crippen molar-refractivity contribution < 1.29 is 22.3 Å². The standard InChI is InChI=1S/C12H18FNO4S/c1-18-12(15)9-4-5-11(7-9)19(16,17)14-6-2-3-10(13)8-14/h3,9,11H,2,4-8H2,1H3. The minimum Gasteiger partial charge on any atom is -0.469 e. The Kier molecular flexibility index (Phi) is 4.25. The van der Waals surface area contributed by atoms with Gasteiger partial charge in [0, 0.05) is 6.54 Å². The van der Waals surface area contributed by atoms with Gasteiger partial charge in [-0.15, -0.1) is 0 Å². The van der Waals surface area contributed by atoms with Crippen molar-refractivity contribution in [3.8, 4) is 0 Å². The highest BCUT2D eigenvalue weighted by atomic mass is 32.2. The molecule has 19 heavy (non-hydrogen) atoms. The van der Waals surface area contributed by atoms with Crippen LogP contribution >= 0.6 is 0 Å². The summed E-state index contributed by atoms with van der Waals surface area (Å²) in [6, 6.07) is 0. The van der Waals surface area contributed by atoms with Crippen molar-refractivity contribution in [1.82, 2.24) is 4.31 Å². The summed E-state index contributed by atoms with van der Waals surface area (Å²) in [6.45, 7) is 0.136. The molecule has 0 aromatic heterocycles. The van der Waals surface area contributed by atoms with Gasteiger partial charge in [-0.25, -0.2) is 12.8 Å². The first kappa shape index (κ1) is 14.5. The summed E-state index contributed by atoms with van der Waals surface area (Å²) in [6.07, 6.45) is 3.04. The van der Waals surface area contributed by atoms with E-state index in [9.17, 15) is 17.6 Å². The van der Waals surface area contributed by atoms with Crippen LogP contribution in [-0.2, 0) is 19.6 Å². The average molecular weight is 291 g/mol. The Morgan fingerprint density at radius 2 is 2.21 bits per heavy atom. The van der Waals surface area contributed by atoms with E-state index in [1.165, 1.54) is 17.5 Å². The molecule has 2 unspecified atom stereocenters. The minimum atomic E-state index is -3.52. The first-order valence-corrected chi connectivity index (χ1v) is 7.86. The molecule has 5 nitrogen and oxygen atoms in total. The Bertz CT molecular complexity index is 488. The third kappa shape index (κ3) is 2.97. The van der Waals surface area contributed by atoms with Crippen molar-refractivity contribution in [2.45, 2.75) is 30.9 Å². The zero-order valence-electron chi connectivity index (χ0n) is 10.8. The molecular weight excluding hydrogens is 273 g/mol. The molecule has 0 N–H and O–H groups in total. The molecule has 0 amide bonds. The number of nitrogens with zero attached hydrogens (tertiary/aromatic N) is 1. The molecule has 7 heteroatoms. The van der Waals surface area contributed by atoms with Crippen molar-refractivity contribution in [2.24, 2.45) is 5.92 Å². The topological polar surface area (TPSA) is 63.7 Å². The second kappa shape index (κ2) is 5.58. The number of carbonyl (C=O) groups excluding carboxylic acids is 1. The first-order valence-electron chi connectivity index (χ1n) is 6.36. The molecule has 1 heterocycles. The van der Waals surface area contributed by atoms with Gasteiger partial charge < -0.3 is 4.74 Å². The Labute approximate surface area is 112 Å². The normalized spacial score (nSPS) is 29.1. The second-order valence-corrected chi connectivity index (χ2v) is 7.19. The summed E-state index contributed by atoms with van der Waals surface area (Å²) >= 11 is 0. The summed E-state index contributed by atoms with van der Waals surface area (Å²) in [7, 11) is -2.22. The number of esters is 1. The minimum absolute atomic E-state index is 0.179. The molecule has 0 spiro atoms. The van der Waals surface area contributed by atoms with Crippen LogP contribution in [0.2, 0.25) is 0 Å². The van der Waals surface area contributed by atoms with Crippen LogP contribution in [0.4, 0.5) is 4.39 Å². The molecule has 0 aromatic rings. The third-order valence-electron chi connectivity index (χ3n) is 3.77. The molecule has 2 aliphatic rings. The van der Waals surface area contributed by atoms with Crippen molar-refractivity contribution in [3.05, 3.63) is 11.9 Å². The average Bonchev–Trinajstić information content (AvgIpc) is 2.88. The quantitative estimate of drug-likeness (QED) is 0.733. The number of methoxy groups -OCH3 is 1. The molecule has 0 radical (unpaired) electrons. The highest BCUT2D eigenvalue weighted by Gasteiger charge is 2.41. The van der Waals surface area contributed by atoms with Crippen LogP contribution in [0.5, 0.6) is 0 Å². The van der Waals surface area contributed by atoms with Crippen LogP contribution in [-0.4, -0.2) is 44.1 Å². The second-order valence-electron chi connectivity index (χ2n) is 4.97. The van der Waals surface area contributed by atoms with Crippen LogP contribution < -0.4 is 0 Å². The molecule has 0 bridgehead atoms. The van der Waals surface area contributed by atoms with E-state index < -0.39 is 21.1 Å².